The molecular weight excluding hydrogens is 262 g/mol. The maximum absolute atomic E-state index is 12.6. The van der Waals surface area contributed by atoms with Gasteiger partial charge in [0, 0.05) is 22.4 Å². The van der Waals surface area contributed by atoms with E-state index in [2.05, 4.69) is 0 Å². The van der Waals surface area contributed by atoms with Gasteiger partial charge in [-0.25, -0.2) is 0 Å². The minimum Gasteiger partial charge on any atom is -0.399 e. The molecule has 0 fully saturated rings. The first-order valence-electron chi connectivity index (χ1n) is 6.58. The number of nitrogens with two attached hydrogens (primary N) is 1. The summed E-state index contributed by atoms with van der Waals surface area (Å²) in [4.78, 5) is 24.0. The molecular formula is C18H13NO2. The Bertz CT molecular complexity index is 835. The number of fused-ring (bicyclic) bond motifs is 1. The third-order valence-corrected chi connectivity index (χ3v) is 3.51. The van der Waals surface area contributed by atoms with Crippen LogP contribution >= 0.6 is 0 Å². The Hall–Kier alpha value is -2.94. The van der Waals surface area contributed by atoms with Crippen molar-refractivity contribution < 1.29 is 9.59 Å². The predicted molar refractivity (Wildman–Crippen MR) is 83.6 cm³/mol. The molecule has 3 aromatic rings. The van der Waals surface area contributed by atoms with E-state index in [1.807, 2.05) is 30.3 Å². The highest BCUT2D eigenvalue weighted by Gasteiger charge is 2.15. The van der Waals surface area contributed by atoms with Gasteiger partial charge in [-0.2, -0.15) is 0 Å². The number of aldehydes is 1. The van der Waals surface area contributed by atoms with Gasteiger partial charge in [-0.1, -0.05) is 30.3 Å². The molecule has 3 aromatic carbocycles. The molecule has 0 heterocycles. The fraction of sp³-hybridized carbons (Fsp3) is 0. The number of ketones is 1. The molecule has 0 aliphatic rings. The summed E-state index contributed by atoms with van der Waals surface area (Å²) >= 11 is 0. The second-order valence-electron chi connectivity index (χ2n) is 4.82. The molecule has 0 aliphatic carbocycles. The molecule has 2 N–H and O–H groups in total. The second-order valence-corrected chi connectivity index (χ2v) is 4.82. The van der Waals surface area contributed by atoms with Gasteiger partial charge in [0.2, 0.25) is 0 Å². The van der Waals surface area contributed by atoms with Gasteiger partial charge in [0.1, 0.15) is 0 Å². The van der Waals surface area contributed by atoms with Crippen LogP contribution < -0.4 is 5.73 Å². The van der Waals surface area contributed by atoms with Crippen LogP contribution in [0.15, 0.2) is 60.7 Å². The SMILES string of the molecule is Nc1ccc(C(=O)c2ccc3ccccc3c2C=O)cc1. The molecule has 0 amide bonds. The summed E-state index contributed by atoms with van der Waals surface area (Å²) in [5.41, 5.74) is 7.58. The van der Waals surface area contributed by atoms with E-state index in [1.165, 1.54) is 0 Å². The van der Waals surface area contributed by atoms with Crippen molar-refractivity contribution in [3.05, 3.63) is 77.4 Å². The summed E-state index contributed by atoms with van der Waals surface area (Å²) < 4.78 is 0. The predicted octanol–water partition coefficient (Wildman–Crippen LogP) is 3.47. The lowest BCUT2D eigenvalue weighted by atomic mass is 9.94. The molecule has 0 unspecified atom stereocenters. The van der Waals surface area contributed by atoms with Crippen LogP contribution in [-0.2, 0) is 0 Å². The largest absolute Gasteiger partial charge is 0.399 e. The number of benzene rings is 3. The molecule has 3 heteroatoms. The minimum absolute atomic E-state index is 0.178. The Labute approximate surface area is 122 Å². The highest BCUT2D eigenvalue weighted by Crippen LogP contribution is 2.23. The number of hydrogen-bond donors (Lipinski definition) is 1. The van der Waals surface area contributed by atoms with Crippen molar-refractivity contribution >= 4 is 28.5 Å². The van der Waals surface area contributed by atoms with Crippen LogP contribution in [0.4, 0.5) is 5.69 Å². The van der Waals surface area contributed by atoms with Crippen LogP contribution in [0.5, 0.6) is 0 Å². The number of carbonyl (C=O) groups excluding carboxylic acids is 2. The van der Waals surface area contributed by atoms with Gasteiger partial charge in [-0.05, 0) is 41.1 Å². The minimum atomic E-state index is -0.178. The summed E-state index contributed by atoms with van der Waals surface area (Å²) in [6, 6.07) is 17.8. The van der Waals surface area contributed by atoms with Gasteiger partial charge < -0.3 is 5.73 Å². The van der Waals surface area contributed by atoms with Gasteiger partial charge in [0.05, 0.1) is 0 Å². The molecule has 0 atom stereocenters. The third kappa shape index (κ3) is 2.30. The summed E-state index contributed by atoms with van der Waals surface area (Å²) in [5.74, 6) is -0.178. The summed E-state index contributed by atoms with van der Waals surface area (Å²) in [7, 11) is 0. The first-order valence-corrected chi connectivity index (χ1v) is 6.58. The van der Waals surface area contributed by atoms with Crippen molar-refractivity contribution in [2.24, 2.45) is 0 Å². The number of nitrogen functional groups attached to an aromatic ring is 1. The standard InChI is InChI=1S/C18H13NO2/c19-14-8-5-13(6-9-14)18(21)16-10-7-12-3-1-2-4-15(12)17(16)11-20/h1-11H,19H2. The molecule has 0 aromatic heterocycles. The van der Waals surface area contributed by atoms with Crippen LogP contribution in [0.25, 0.3) is 10.8 Å². The van der Waals surface area contributed by atoms with Crippen molar-refractivity contribution in [3.8, 4) is 0 Å². The van der Waals surface area contributed by atoms with Gasteiger partial charge in [-0.15, -0.1) is 0 Å². The molecule has 102 valence electrons. The van der Waals surface area contributed by atoms with Crippen molar-refractivity contribution in [1.29, 1.82) is 0 Å². The zero-order chi connectivity index (χ0) is 14.8. The van der Waals surface area contributed by atoms with E-state index >= 15 is 0 Å². The summed E-state index contributed by atoms with van der Waals surface area (Å²) in [5, 5.41) is 1.72. The molecule has 0 aliphatic heterocycles. The molecule has 0 saturated carbocycles. The number of rotatable bonds is 3. The lowest BCUT2D eigenvalue weighted by Crippen LogP contribution is -2.06. The molecule has 3 rings (SSSR count). The van der Waals surface area contributed by atoms with E-state index in [0.29, 0.717) is 22.4 Å². The zero-order valence-electron chi connectivity index (χ0n) is 11.2. The molecule has 21 heavy (non-hydrogen) atoms. The highest BCUT2D eigenvalue weighted by molar-refractivity contribution is 6.16. The lowest BCUT2D eigenvalue weighted by Gasteiger charge is -2.08. The van der Waals surface area contributed by atoms with E-state index < -0.39 is 0 Å². The monoisotopic (exact) mass is 275 g/mol. The van der Waals surface area contributed by atoms with Crippen LogP contribution in [-0.4, -0.2) is 12.1 Å². The Kier molecular flexibility index (Phi) is 3.24. The van der Waals surface area contributed by atoms with E-state index in [1.54, 1.807) is 30.3 Å². The van der Waals surface area contributed by atoms with Crippen molar-refractivity contribution in [1.82, 2.24) is 0 Å². The smallest absolute Gasteiger partial charge is 0.193 e. The highest BCUT2D eigenvalue weighted by atomic mass is 16.1. The maximum Gasteiger partial charge on any atom is 0.193 e. The Morgan fingerprint density at radius 1 is 0.905 bits per heavy atom. The van der Waals surface area contributed by atoms with E-state index in [4.69, 9.17) is 5.73 Å². The van der Waals surface area contributed by atoms with Crippen molar-refractivity contribution in [2.45, 2.75) is 0 Å². The number of anilines is 1. The molecule has 0 spiro atoms. The average molecular weight is 275 g/mol. The normalized spacial score (nSPS) is 10.5. The lowest BCUT2D eigenvalue weighted by molar-refractivity contribution is 0.103. The quantitative estimate of drug-likeness (QED) is 0.452. The molecule has 0 saturated heterocycles. The van der Waals surface area contributed by atoms with Crippen LogP contribution in [0.1, 0.15) is 26.3 Å². The fourth-order valence-electron chi connectivity index (χ4n) is 2.41. The number of carbonyl (C=O) groups is 2. The maximum atomic E-state index is 12.6. The average Bonchev–Trinajstić information content (AvgIpc) is 2.53. The van der Waals surface area contributed by atoms with Crippen LogP contribution in [0, 0.1) is 0 Å². The van der Waals surface area contributed by atoms with Crippen molar-refractivity contribution in [3.63, 3.8) is 0 Å². The topological polar surface area (TPSA) is 60.2 Å². The van der Waals surface area contributed by atoms with Gasteiger partial charge in [-0.3, -0.25) is 9.59 Å². The van der Waals surface area contributed by atoms with Crippen molar-refractivity contribution in [2.75, 3.05) is 5.73 Å². The first kappa shape index (κ1) is 13.1. The van der Waals surface area contributed by atoms with E-state index in [0.717, 1.165) is 17.1 Å². The van der Waals surface area contributed by atoms with Crippen LogP contribution in [0.3, 0.4) is 0 Å². The zero-order valence-corrected chi connectivity index (χ0v) is 11.2. The van der Waals surface area contributed by atoms with Gasteiger partial charge >= 0.3 is 0 Å². The van der Waals surface area contributed by atoms with E-state index in [9.17, 15) is 9.59 Å². The Balaban J connectivity index is 2.18. The van der Waals surface area contributed by atoms with E-state index in [-0.39, 0.29) is 5.78 Å². The molecule has 0 radical (unpaired) electrons. The second kappa shape index (κ2) is 5.21. The summed E-state index contributed by atoms with van der Waals surface area (Å²) in [6.07, 6.45) is 0.743. The van der Waals surface area contributed by atoms with Gasteiger partial charge in [0.25, 0.3) is 0 Å². The third-order valence-electron chi connectivity index (χ3n) is 3.51. The van der Waals surface area contributed by atoms with Crippen LogP contribution in [0.2, 0.25) is 0 Å². The van der Waals surface area contributed by atoms with Gasteiger partial charge in [0.15, 0.2) is 12.1 Å². The number of hydrogen-bond acceptors (Lipinski definition) is 3. The summed E-state index contributed by atoms with van der Waals surface area (Å²) in [6.45, 7) is 0. The Morgan fingerprint density at radius 2 is 1.62 bits per heavy atom. The molecule has 0 bridgehead atoms. The molecule has 3 nitrogen and oxygen atoms in total. The fourth-order valence-corrected chi connectivity index (χ4v) is 2.41. The first-order chi connectivity index (χ1) is 10.2. The Morgan fingerprint density at radius 3 is 2.33 bits per heavy atom.